The molecule has 0 aliphatic heterocycles. The van der Waals surface area contributed by atoms with Gasteiger partial charge in [0.15, 0.2) is 0 Å². The summed E-state index contributed by atoms with van der Waals surface area (Å²) < 4.78 is 6.26. The van der Waals surface area contributed by atoms with Gasteiger partial charge in [0.1, 0.15) is 5.75 Å². The largest absolute Gasteiger partial charge is 0.496 e. The summed E-state index contributed by atoms with van der Waals surface area (Å²) in [5.41, 5.74) is 4.45. The Hall–Kier alpha value is -1.32. The molecule has 0 bridgehead atoms. The minimum absolute atomic E-state index is 0.577. The second kappa shape index (κ2) is 6.42. The van der Waals surface area contributed by atoms with E-state index >= 15 is 0 Å². The van der Waals surface area contributed by atoms with Crippen LogP contribution in [0.25, 0.3) is 0 Å². The third-order valence-corrected chi connectivity index (χ3v) is 4.04. The lowest BCUT2D eigenvalue weighted by molar-refractivity contribution is 0.174. The topological polar surface area (TPSA) is 29.5 Å². The van der Waals surface area contributed by atoms with Crippen molar-refractivity contribution < 1.29 is 9.84 Å². The Balaban J connectivity index is 2.25. The highest BCUT2D eigenvalue weighted by molar-refractivity contribution is 9.10. The third kappa shape index (κ3) is 3.41. The highest BCUT2D eigenvalue weighted by Gasteiger charge is 2.14. The van der Waals surface area contributed by atoms with Crippen LogP contribution in [0.1, 0.15) is 28.4 Å². The van der Waals surface area contributed by atoms with Crippen LogP contribution in [0.2, 0.25) is 0 Å². The quantitative estimate of drug-likeness (QED) is 0.900. The van der Waals surface area contributed by atoms with Crippen LogP contribution in [0.3, 0.4) is 0 Å². The average Bonchev–Trinajstić information content (AvgIpc) is 2.43. The predicted octanol–water partition coefficient (Wildman–Crippen LogP) is 4.35. The second-order valence-corrected chi connectivity index (χ2v) is 5.94. The van der Waals surface area contributed by atoms with Crippen LogP contribution >= 0.6 is 15.9 Å². The number of aryl methyl sites for hydroxylation is 2. The number of benzene rings is 2. The fourth-order valence-electron chi connectivity index (χ4n) is 2.23. The lowest BCUT2D eigenvalue weighted by Crippen LogP contribution is -2.04. The molecule has 0 amide bonds. The first-order valence-electron chi connectivity index (χ1n) is 6.59. The lowest BCUT2D eigenvalue weighted by atomic mass is 9.98. The summed E-state index contributed by atoms with van der Waals surface area (Å²) in [6.45, 7) is 4.18. The maximum atomic E-state index is 10.5. The number of aliphatic hydroxyl groups excluding tert-OH is 1. The van der Waals surface area contributed by atoms with Crippen molar-refractivity contribution in [2.45, 2.75) is 26.4 Å². The van der Waals surface area contributed by atoms with E-state index in [0.29, 0.717) is 12.2 Å². The molecule has 0 radical (unpaired) electrons. The maximum Gasteiger partial charge on any atom is 0.124 e. The maximum absolute atomic E-state index is 10.5. The standard InChI is InChI=1S/C17H19BrO2/c1-11-4-5-13(8-12(11)2)9-16(19)15-10-14(18)6-7-17(15)20-3/h4-8,10,16,19H,9H2,1-3H3. The molecule has 2 aromatic carbocycles. The summed E-state index contributed by atoms with van der Waals surface area (Å²) in [5, 5.41) is 10.5. The van der Waals surface area contributed by atoms with Crippen molar-refractivity contribution in [3.8, 4) is 5.75 Å². The van der Waals surface area contributed by atoms with Crippen molar-refractivity contribution in [1.29, 1.82) is 0 Å². The molecule has 20 heavy (non-hydrogen) atoms. The lowest BCUT2D eigenvalue weighted by Gasteiger charge is -2.16. The normalized spacial score (nSPS) is 12.2. The van der Waals surface area contributed by atoms with E-state index in [1.807, 2.05) is 18.2 Å². The molecule has 2 aromatic rings. The number of hydrogen-bond acceptors (Lipinski definition) is 2. The summed E-state index contributed by atoms with van der Waals surface area (Å²) in [5.74, 6) is 0.713. The SMILES string of the molecule is COc1ccc(Br)cc1C(O)Cc1ccc(C)c(C)c1. The van der Waals surface area contributed by atoms with Crippen LogP contribution in [-0.2, 0) is 6.42 Å². The monoisotopic (exact) mass is 334 g/mol. The van der Waals surface area contributed by atoms with Gasteiger partial charge in [0.2, 0.25) is 0 Å². The zero-order chi connectivity index (χ0) is 14.7. The van der Waals surface area contributed by atoms with E-state index in [2.05, 4.69) is 48.0 Å². The molecule has 1 N–H and O–H groups in total. The number of halogens is 1. The summed E-state index contributed by atoms with van der Waals surface area (Å²) in [4.78, 5) is 0. The molecule has 0 aromatic heterocycles. The van der Waals surface area contributed by atoms with Crippen LogP contribution in [0.4, 0.5) is 0 Å². The number of methoxy groups -OCH3 is 1. The molecule has 1 unspecified atom stereocenters. The summed E-state index contributed by atoms with van der Waals surface area (Å²) in [6.07, 6.45) is -0.00180. The first-order chi connectivity index (χ1) is 9.51. The Kier molecular flexibility index (Phi) is 4.84. The van der Waals surface area contributed by atoms with Gasteiger partial charge in [-0.1, -0.05) is 34.1 Å². The van der Waals surface area contributed by atoms with Crippen LogP contribution in [0.15, 0.2) is 40.9 Å². The van der Waals surface area contributed by atoms with Crippen molar-refractivity contribution in [2.24, 2.45) is 0 Å². The molecule has 2 nitrogen and oxygen atoms in total. The molecule has 1 atom stereocenters. The van der Waals surface area contributed by atoms with Crippen LogP contribution in [0.5, 0.6) is 5.75 Å². The van der Waals surface area contributed by atoms with E-state index in [1.54, 1.807) is 7.11 Å². The van der Waals surface area contributed by atoms with Gasteiger partial charge in [-0.25, -0.2) is 0 Å². The number of rotatable bonds is 4. The van der Waals surface area contributed by atoms with E-state index in [0.717, 1.165) is 15.6 Å². The van der Waals surface area contributed by atoms with Crippen molar-refractivity contribution >= 4 is 15.9 Å². The number of ether oxygens (including phenoxy) is 1. The van der Waals surface area contributed by atoms with Gasteiger partial charge in [-0.15, -0.1) is 0 Å². The van der Waals surface area contributed by atoms with E-state index in [9.17, 15) is 5.11 Å². The molecular weight excluding hydrogens is 316 g/mol. The van der Waals surface area contributed by atoms with Gasteiger partial charge in [0.25, 0.3) is 0 Å². The zero-order valence-corrected chi connectivity index (χ0v) is 13.6. The smallest absolute Gasteiger partial charge is 0.124 e. The van der Waals surface area contributed by atoms with Crippen molar-refractivity contribution in [1.82, 2.24) is 0 Å². The van der Waals surface area contributed by atoms with E-state index in [4.69, 9.17) is 4.74 Å². The minimum atomic E-state index is -0.579. The van der Waals surface area contributed by atoms with Gasteiger partial charge in [-0.3, -0.25) is 0 Å². The van der Waals surface area contributed by atoms with Crippen LogP contribution in [-0.4, -0.2) is 12.2 Å². The third-order valence-electron chi connectivity index (χ3n) is 3.55. The van der Waals surface area contributed by atoms with Crippen molar-refractivity contribution in [3.63, 3.8) is 0 Å². The van der Waals surface area contributed by atoms with Gasteiger partial charge in [-0.05, 0) is 48.7 Å². The Morgan fingerprint density at radius 1 is 1.10 bits per heavy atom. The molecule has 0 spiro atoms. The molecule has 2 rings (SSSR count). The minimum Gasteiger partial charge on any atom is -0.496 e. The molecule has 0 fully saturated rings. The Labute approximate surface area is 128 Å². The molecule has 0 saturated heterocycles. The molecule has 0 aliphatic rings. The Bertz CT molecular complexity index is 608. The van der Waals surface area contributed by atoms with E-state index in [1.165, 1.54) is 11.1 Å². The Morgan fingerprint density at radius 2 is 1.85 bits per heavy atom. The second-order valence-electron chi connectivity index (χ2n) is 5.02. The van der Waals surface area contributed by atoms with Gasteiger partial charge < -0.3 is 9.84 Å². The molecular formula is C17H19BrO2. The van der Waals surface area contributed by atoms with Gasteiger partial charge >= 0.3 is 0 Å². The van der Waals surface area contributed by atoms with E-state index in [-0.39, 0.29) is 0 Å². The average molecular weight is 335 g/mol. The van der Waals surface area contributed by atoms with E-state index < -0.39 is 6.10 Å². The fourth-order valence-corrected chi connectivity index (χ4v) is 2.61. The van der Waals surface area contributed by atoms with Crippen molar-refractivity contribution in [2.75, 3.05) is 7.11 Å². The van der Waals surface area contributed by atoms with Crippen LogP contribution < -0.4 is 4.74 Å². The first kappa shape index (κ1) is 15.1. The van der Waals surface area contributed by atoms with Gasteiger partial charge in [0.05, 0.1) is 13.2 Å². The van der Waals surface area contributed by atoms with Gasteiger partial charge in [0, 0.05) is 16.5 Å². The molecule has 0 saturated carbocycles. The first-order valence-corrected chi connectivity index (χ1v) is 7.38. The number of hydrogen-bond donors (Lipinski definition) is 1. The highest BCUT2D eigenvalue weighted by Crippen LogP contribution is 2.30. The highest BCUT2D eigenvalue weighted by atomic mass is 79.9. The Morgan fingerprint density at radius 3 is 2.50 bits per heavy atom. The molecule has 0 heterocycles. The number of aliphatic hydroxyl groups is 1. The molecule has 0 aliphatic carbocycles. The zero-order valence-electron chi connectivity index (χ0n) is 12.0. The summed E-state index contributed by atoms with van der Waals surface area (Å²) >= 11 is 3.43. The van der Waals surface area contributed by atoms with Gasteiger partial charge in [-0.2, -0.15) is 0 Å². The summed E-state index contributed by atoms with van der Waals surface area (Å²) in [7, 11) is 1.62. The fraction of sp³-hybridized carbons (Fsp3) is 0.294. The molecule has 3 heteroatoms. The van der Waals surface area contributed by atoms with Crippen molar-refractivity contribution in [3.05, 3.63) is 63.1 Å². The predicted molar refractivity (Wildman–Crippen MR) is 85.3 cm³/mol. The molecule has 106 valence electrons. The van der Waals surface area contributed by atoms with Crippen LogP contribution in [0, 0.1) is 13.8 Å². The summed E-state index contributed by atoms with van der Waals surface area (Å²) in [6, 6.07) is 12.0.